The van der Waals surface area contributed by atoms with E-state index in [4.69, 9.17) is 4.74 Å². The molecule has 0 amide bonds. The molecule has 2 aliphatic heterocycles. The lowest BCUT2D eigenvalue weighted by Crippen LogP contribution is -2.58. The lowest BCUT2D eigenvalue weighted by atomic mass is 9.85. The molecule has 2 fully saturated rings. The van der Waals surface area contributed by atoms with Crippen LogP contribution in [0.5, 0.6) is 0 Å². The van der Waals surface area contributed by atoms with Crippen LogP contribution in [-0.2, 0) is 4.74 Å². The predicted molar refractivity (Wildman–Crippen MR) is 53.8 cm³/mol. The summed E-state index contributed by atoms with van der Waals surface area (Å²) in [5.41, 5.74) is 1.73. The molecule has 1 unspecified atom stereocenters. The summed E-state index contributed by atoms with van der Waals surface area (Å²) in [7, 11) is 0. The number of hydrogen-bond donors (Lipinski definition) is 0. The maximum absolute atomic E-state index is 5.72. The Morgan fingerprint density at radius 2 is 2.38 bits per heavy atom. The molecule has 0 saturated carbocycles. The third kappa shape index (κ3) is 1.53. The lowest BCUT2D eigenvalue weighted by molar-refractivity contribution is -0.0647. The average Bonchev–Trinajstić information content (AvgIpc) is 2.25. The summed E-state index contributed by atoms with van der Waals surface area (Å²) in [4.78, 5) is 2.51. The largest absolute Gasteiger partial charge is 0.377 e. The van der Waals surface area contributed by atoms with E-state index in [1.807, 2.05) is 0 Å². The van der Waals surface area contributed by atoms with E-state index in [1.54, 1.807) is 0 Å². The van der Waals surface area contributed by atoms with Gasteiger partial charge in [-0.3, -0.25) is 4.90 Å². The van der Waals surface area contributed by atoms with Crippen molar-refractivity contribution in [2.24, 2.45) is 0 Å². The van der Waals surface area contributed by atoms with E-state index in [9.17, 15) is 0 Å². The minimum absolute atomic E-state index is 0.349. The van der Waals surface area contributed by atoms with Crippen molar-refractivity contribution in [3.05, 3.63) is 12.2 Å². The highest BCUT2D eigenvalue weighted by Crippen LogP contribution is 2.42. The maximum Gasteiger partial charge on any atom is 0.0657 e. The van der Waals surface area contributed by atoms with Crippen molar-refractivity contribution in [3.8, 4) is 0 Å². The zero-order valence-corrected chi connectivity index (χ0v) is 8.68. The molecule has 0 spiro atoms. The SMILES string of the molecule is C=C1CN2CCC2(COC(C)C)C1. The molecule has 0 aliphatic carbocycles. The minimum Gasteiger partial charge on any atom is -0.377 e. The highest BCUT2D eigenvalue weighted by atomic mass is 16.5. The summed E-state index contributed by atoms with van der Waals surface area (Å²) < 4.78 is 5.72. The molecule has 0 aromatic rings. The molecule has 13 heavy (non-hydrogen) atoms. The quantitative estimate of drug-likeness (QED) is 0.616. The molecule has 0 N–H and O–H groups in total. The number of fused-ring (bicyclic) bond motifs is 1. The van der Waals surface area contributed by atoms with Gasteiger partial charge >= 0.3 is 0 Å². The first kappa shape index (κ1) is 9.22. The summed E-state index contributed by atoms with van der Waals surface area (Å²) >= 11 is 0. The van der Waals surface area contributed by atoms with Crippen LogP contribution in [0, 0.1) is 0 Å². The zero-order valence-electron chi connectivity index (χ0n) is 8.68. The topological polar surface area (TPSA) is 12.5 Å². The summed E-state index contributed by atoms with van der Waals surface area (Å²) in [6.45, 7) is 11.5. The number of rotatable bonds is 3. The van der Waals surface area contributed by atoms with Gasteiger partial charge in [-0.25, -0.2) is 0 Å². The molecule has 2 aliphatic rings. The van der Waals surface area contributed by atoms with Crippen molar-refractivity contribution in [3.63, 3.8) is 0 Å². The summed E-state index contributed by atoms with van der Waals surface area (Å²) in [6.07, 6.45) is 2.80. The van der Waals surface area contributed by atoms with Gasteiger partial charge in [-0.1, -0.05) is 12.2 Å². The van der Waals surface area contributed by atoms with E-state index < -0.39 is 0 Å². The Kier molecular flexibility index (Phi) is 2.20. The Morgan fingerprint density at radius 1 is 1.62 bits per heavy atom. The smallest absolute Gasteiger partial charge is 0.0657 e. The van der Waals surface area contributed by atoms with Gasteiger partial charge in [0, 0.05) is 18.6 Å². The molecule has 74 valence electrons. The van der Waals surface area contributed by atoms with Crippen LogP contribution in [-0.4, -0.2) is 36.2 Å². The Labute approximate surface area is 80.6 Å². The van der Waals surface area contributed by atoms with Crippen molar-refractivity contribution >= 4 is 0 Å². The standard InChI is InChI=1S/C11H19NO/c1-9(2)13-8-11-4-5-12(11)7-10(3)6-11/h9H,3-8H2,1-2H3. The van der Waals surface area contributed by atoms with Crippen molar-refractivity contribution in [2.75, 3.05) is 19.7 Å². The monoisotopic (exact) mass is 181 g/mol. The van der Waals surface area contributed by atoms with Crippen molar-refractivity contribution in [1.82, 2.24) is 4.90 Å². The summed E-state index contributed by atoms with van der Waals surface area (Å²) in [5, 5.41) is 0. The van der Waals surface area contributed by atoms with Crippen LogP contribution in [0.2, 0.25) is 0 Å². The van der Waals surface area contributed by atoms with Gasteiger partial charge in [-0.05, 0) is 26.7 Å². The number of ether oxygens (including phenoxy) is 1. The van der Waals surface area contributed by atoms with Crippen LogP contribution in [0.1, 0.15) is 26.7 Å². The third-order valence-corrected chi connectivity index (χ3v) is 3.20. The fraction of sp³-hybridized carbons (Fsp3) is 0.818. The fourth-order valence-corrected chi connectivity index (χ4v) is 2.36. The second-order valence-corrected chi connectivity index (χ2v) is 4.68. The first-order chi connectivity index (χ1) is 6.12. The molecule has 0 bridgehead atoms. The van der Waals surface area contributed by atoms with Crippen LogP contribution in [0.4, 0.5) is 0 Å². The van der Waals surface area contributed by atoms with Gasteiger partial charge in [0.1, 0.15) is 0 Å². The van der Waals surface area contributed by atoms with Crippen LogP contribution >= 0.6 is 0 Å². The van der Waals surface area contributed by atoms with E-state index in [2.05, 4.69) is 25.3 Å². The molecule has 0 aromatic heterocycles. The number of hydrogen-bond acceptors (Lipinski definition) is 2. The van der Waals surface area contributed by atoms with Gasteiger partial charge in [0.15, 0.2) is 0 Å². The Bertz CT molecular complexity index is 224. The predicted octanol–water partition coefficient (Wildman–Crippen LogP) is 1.82. The zero-order chi connectivity index (χ0) is 9.47. The molecule has 2 nitrogen and oxygen atoms in total. The number of nitrogens with zero attached hydrogens (tertiary/aromatic N) is 1. The first-order valence-corrected chi connectivity index (χ1v) is 5.16. The van der Waals surface area contributed by atoms with E-state index in [1.165, 1.54) is 18.5 Å². The average molecular weight is 181 g/mol. The highest BCUT2D eigenvalue weighted by molar-refractivity contribution is 5.20. The second kappa shape index (κ2) is 3.10. The van der Waals surface area contributed by atoms with Gasteiger partial charge in [0.05, 0.1) is 12.7 Å². The lowest BCUT2D eigenvalue weighted by Gasteiger charge is -2.47. The highest BCUT2D eigenvalue weighted by Gasteiger charge is 2.49. The van der Waals surface area contributed by atoms with Gasteiger partial charge in [0.25, 0.3) is 0 Å². The normalized spacial score (nSPS) is 33.6. The molecule has 2 saturated heterocycles. The molecule has 1 atom stereocenters. The van der Waals surface area contributed by atoms with Crippen LogP contribution in [0.15, 0.2) is 12.2 Å². The molecular weight excluding hydrogens is 162 g/mol. The minimum atomic E-state index is 0.349. The van der Waals surface area contributed by atoms with Gasteiger partial charge in [0.2, 0.25) is 0 Å². The molecule has 2 rings (SSSR count). The van der Waals surface area contributed by atoms with Gasteiger partial charge < -0.3 is 4.74 Å². The van der Waals surface area contributed by atoms with Crippen molar-refractivity contribution in [2.45, 2.75) is 38.3 Å². The summed E-state index contributed by atoms with van der Waals surface area (Å²) in [6, 6.07) is 0. The Morgan fingerprint density at radius 3 is 2.85 bits per heavy atom. The first-order valence-electron chi connectivity index (χ1n) is 5.16. The molecule has 0 aromatic carbocycles. The van der Waals surface area contributed by atoms with Gasteiger partial charge in [-0.2, -0.15) is 0 Å². The van der Waals surface area contributed by atoms with E-state index >= 15 is 0 Å². The molecular formula is C11H19NO. The second-order valence-electron chi connectivity index (χ2n) is 4.68. The van der Waals surface area contributed by atoms with E-state index in [0.29, 0.717) is 11.6 Å². The maximum atomic E-state index is 5.72. The Balaban J connectivity index is 1.93. The molecule has 0 radical (unpaired) electrons. The third-order valence-electron chi connectivity index (χ3n) is 3.20. The molecule has 2 heterocycles. The van der Waals surface area contributed by atoms with Gasteiger partial charge in [-0.15, -0.1) is 0 Å². The van der Waals surface area contributed by atoms with Crippen LogP contribution in [0.3, 0.4) is 0 Å². The molecule has 2 heteroatoms. The summed E-state index contributed by atoms with van der Waals surface area (Å²) in [5.74, 6) is 0. The fourth-order valence-electron chi connectivity index (χ4n) is 2.36. The van der Waals surface area contributed by atoms with E-state index in [-0.39, 0.29) is 0 Å². The van der Waals surface area contributed by atoms with E-state index in [0.717, 1.165) is 19.6 Å². The van der Waals surface area contributed by atoms with Crippen molar-refractivity contribution in [1.29, 1.82) is 0 Å². The van der Waals surface area contributed by atoms with Crippen LogP contribution in [0.25, 0.3) is 0 Å². The van der Waals surface area contributed by atoms with Crippen molar-refractivity contribution < 1.29 is 4.74 Å². The van der Waals surface area contributed by atoms with Crippen LogP contribution < -0.4 is 0 Å². The Hall–Kier alpha value is -0.340.